The van der Waals surface area contributed by atoms with Gasteiger partial charge in [-0.25, -0.2) is 9.97 Å². The second kappa shape index (κ2) is 11.2. The summed E-state index contributed by atoms with van der Waals surface area (Å²) < 4.78 is 0. The molecule has 52 heavy (non-hydrogen) atoms. The summed E-state index contributed by atoms with van der Waals surface area (Å²) in [7, 11) is 0. The van der Waals surface area contributed by atoms with Gasteiger partial charge in [-0.2, -0.15) is 0 Å². The minimum absolute atomic E-state index is 0.908. The first-order valence-electron chi connectivity index (χ1n) is 17.7. The molecule has 0 unspecified atom stereocenters. The van der Waals surface area contributed by atoms with Crippen LogP contribution in [0.2, 0.25) is 0 Å². The van der Waals surface area contributed by atoms with Gasteiger partial charge in [0.25, 0.3) is 0 Å². The predicted octanol–water partition coefficient (Wildman–Crippen LogP) is 12.7. The first-order valence-corrected chi connectivity index (χ1v) is 17.7. The van der Waals surface area contributed by atoms with E-state index in [2.05, 4.69) is 180 Å². The fraction of sp³-hybridized carbons (Fsp3) is 0. The molecule has 0 radical (unpaired) electrons. The third kappa shape index (κ3) is 4.28. The second-order valence-electron chi connectivity index (χ2n) is 13.5. The van der Waals surface area contributed by atoms with Gasteiger partial charge in [0, 0.05) is 54.9 Å². The molecule has 8 bridgehead atoms. The van der Waals surface area contributed by atoms with E-state index in [0.717, 1.165) is 88.6 Å². The normalized spacial score (nSPS) is 12.2. The van der Waals surface area contributed by atoms with Crippen LogP contribution in [0.3, 0.4) is 0 Å². The average Bonchev–Trinajstić information content (AvgIpc) is 4.03. The van der Waals surface area contributed by atoms with Gasteiger partial charge in [0.2, 0.25) is 0 Å². The summed E-state index contributed by atoms with van der Waals surface area (Å²) in [6.45, 7) is 0. The zero-order valence-electron chi connectivity index (χ0n) is 28.1. The lowest BCUT2D eigenvalue weighted by Crippen LogP contribution is -1.88. The number of hydrogen-bond acceptors (Lipinski definition) is 2. The van der Waals surface area contributed by atoms with Gasteiger partial charge in [-0.05, 0) is 69.3 Å². The number of fused-ring (bicyclic) bond motifs is 12. The van der Waals surface area contributed by atoms with Crippen LogP contribution >= 0.6 is 0 Å². The highest BCUT2D eigenvalue weighted by atomic mass is 14.8. The van der Waals surface area contributed by atoms with E-state index in [0.29, 0.717) is 0 Å². The lowest BCUT2D eigenvalue weighted by molar-refractivity contribution is 1.32. The Kier molecular flexibility index (Phi) is 6.22. The van der Waals surface area contributed by atoms with Gasteiger partial charge >= 0.3 is 0 Å². The summed E-state index contributed by atoms with van der Waals surface area (Å²) in [5.74, 6) is 0. The lowest BCUT2D eigenvalue weighted by Gasteiger charge is -2.07. The van der Waals surface area contributed by atoms with Gasteiger partial charge in [0.1, 0.15) is 0 Å². The summed E-state index contributed by atoms with van der Waals surface area (Å²) in [6.07, 6.45) is 4.30. The van der Waals surface area contributed by atoms with E-state index < -0.39 is 0 Å². The van der Waals surface area contributed by atoms with Crippen LogP contribution in [0.25, 0.3) is 111 Å². The van der Waals surface area contributed by atoms with Gasteiger partial charge in [0.15, 0.2) is 0 Å². The number of hydrogen-bond donors (Lipinski definition) is 2. The molecule has 0 fully saturated rings. The van der Waals surface area contributed by atoms with Crippen molar-refractivity contribution in [3.63, 3.8) is 0 Å². The van der Waals surface area contributed by atoms with Crippen molar-refractivity contribution >= 4 is 77.6 Å². The molecule has 5 heterocycles. The Morgan fingerprint density at radius 2 is 0.750 bits per heavy atom. The maximum absolute atomic E-state index is 5.66. The monoisotopic (exact) mass is 662 g/mol. The highest BCUT2D eigenvalue weighted by molar-refractivity contribution is 6.35. The van der Waals surface area contributed by atoms with Crippen molar-refractivity contribution in [2.75, 3.05) is 0 Å². The highest BCUT2D eigenvalue weighted by Crippen LogP contribution is 2.44. The van der Waals surface area contributed by atoms with E-state index in [1.807, 2.05) is 0 Å². The van der Waals surface area contributed by atoms with Crippen molar-refractivity contribution < 1.29 is 0 Å². The van der Waals surface area contributed by atoms with Crippen LogP contribution in [0.4, 0.5) is 0 Å². The largest absolute Gasteiger partial charge is 0.354 e. The van der Waals surface area contributed by atoms with E-state index >= 15 is 0 Å². The number of H-pyrrole nitrogens is 2. The standard InChI is InChI=1S/C48H30N4/c1-4-13-29(14-5-1)42-36-23-24-37(49-36)43(30-15-6-2-7-16-30)39-26-28-41(51-39)46-34-20-11-10-19-32(34)33-21-12-22-35-45(33)48(46)52-47(35)44(31-17-8-3-9-18-31)40-27-25-38(42)50-40/h1-28,50-51H. The van der Waals surface area contributed by atoms with Gasteiger partial charge in [0.05, 0.1) is 22.4 Å². The van der Waals surface area contributed by atoms with Crippen LogP contribution in [-0.4, -0.2) is 19.9 Å². The van der Waals surface area contributed by atoms with E-state index in [1.165, 1.54) is 21.5 Å². The van der Waals surface area contributed by atoms with Gasteiger partial charge < -0.3 is 9.97 Å². The third-order valence-electron chi connectivity index (χ3n) is 10.5. The van der Waals surface area contributed by atoms with Gasteiger partial charge in [-0.3, -0.25) is 0 Å². The van der Waals surface area contributed by atoms with Crippen molar-refractivity contribution in [3.05, 3.63) is 169 Å². The predicted molar refractivity (Wildman–Crippen MR) is 219 cm³/mol. The highest BCUT2D eigenvalue weighted by Gasteiger charge is 2.21. The molecule has 0 atom stereocenters. The molecule has 0 aliphatic carbocycles. The molecule has 0 saturated carbocycles. The fourth-order valence-electron chi connectivity index (χ4n) is 8.30. The molecule has 11 rings (SSSR count). The second-order valence-corrected chi connectivity index (χ2v) is 13.5. The third-order valence-corrected chi connectivity index (χ3v) is 10.5. The molecule has 0 saturated heterocycles. The minimum Gasteiger partial charge on any atom is -0.354 e. The molecule has 6 aromatic carbocycles. The molecule has 0 amide bonds. The SMILES string of the molecule is C1=Cc2nc1c(-c1ccccc1)c1ccc([nH]1)c(-c1ccccc1)c1nc3c(c4ccc([nH]4)c2-c2ccccc2)c2ccccc2c2cccc1c23. The molecular weight excluding hydrogens is 633 g/mol. The number of rotatable bonds is 3. The topological polar surface area (TPSA) is 57.4 Å². The average molecular weight is 663 g/mol. The van der Waals surface area contributed by atoms with Crippen molar-refractivity contribution in [1.82, 2.24) is 19.9 Å². The minimum atomic E-state index is 0.908. The molecular formula is C48H30N4. The zero-order chi connectivity index (χ0) is 34.2. The Bertz CT molecular complexity index is 3150. The molecule has 1 aliphatic rings. The molecule has 4 nitrogen and oxygen atoms in total. The number of nitrogens with zero attached hydrogens (tertiary/aromatic N) is 2. The van der Waals surface area contributed by atoms with E-state index in [9.17, 15) is 0 Å². The van der Waals surface area contributed by atoms with Crippen molar-refractivity contribution in [2.24, 2.45) is 0 Å². The van der Waals surface area contributed by atoms with Crippen LogP contribution in [0, 0.1) is 0 Å². The first-order chi connectivity index (χ1) is 25.8. The number of aromatic nitrogens is 4. The summed E-state index contributed by atoms with van der Waals surface area (Å²) in [5.41, 5.74) is 14.3. The zero-order valence-corrected chi connectivity index (χ0v) is 28.1. The molecule has 0 spiro atoms. The molecule has 4 heteroatoms. The van der Waals surface area contributed by atoms with E-state index in [1.54, 1.807) is 0 Å². The Morgan fingerprint density at radius 1 is 0.308 bits per heavy atom. The number of aromatic amines is 2. The summed E-state index contributed by atoms with van der Waals surface area (Å²) >= 11 is 0. The molecule has 2 N–H and O–H groups in total. The van der Waals surface area contributed by atoms with E-state index in [-0.39, 0.29) is 0 Å². The number of benzene rings is 6. The molecule has 10 aromatic rings. The Balaban J connectivity index is 1.43. The van der Waals surface area contributed by atoms with Crippen LogP contribution in [0.15, 0.2) is 158 Å². The molecule has 4 aromatic heterocycles. The number of nitrogens with one attached hydrogen (secondary N) is 2. The maximum Gasteiger partial charge on any atom is 0.0822 e. The fourth-order valence-corrected chi connectivity index (χ4v) is 8.30. The van der Waals surface area contributed by atoms with Crippen LogP contribution in [-0.2, 0) is 0 Å². The lowest BCUT2D eigenvalue weighted by atomic mass is 9.95. The van der Waals surface area contributed by atoms with Crippen molar-refractivity contribution in [2.45, 2.75) is 0 Å². The van der Waals surface area contributed by atoms with Crippen molar-refractivity contribution in [3.8, 4) is 33.4 Å². The van der Waals surface area contributed by atoms with Gasteiger partial charge in [-0.15, -0.1) is 0 Å². The summed E-state index contributed by atoms with van der Waals surface area (Å²) in [6, 6.07) is 55.9. The van der Waals surface area contributed by atoms with Crippen molar-refractivity contribution in [1.29, 1.82) is 0 Å². The Morgan fingerprint density at radius 3 is 1.37 bits per heavy atom. The quantitative estimate of drug-likeness (QED) is 0.185. The summed E-state index contributed by atoms with van der Waals surface area (Å²) in [4.78, 5) is 18.8. The smallest absolute Gasteiger partial charge is 0.0822 e. The van der Waals surface area contributed by atoms with Crippen LogP contribution in [0.1, 0.15) is 11.4 Å². The van der Waals surface area contributed by atoms with Crippen LogP contribution < -0.4 is 0 Å². The van der Waals surface area contributed by atoms with Crippen LogP contribution in [0.5, 0.6) is 0 Å². The first kappa shape index (κ1) is 28.8. The maximum atomic E-state index is 5.66. The Hall–Kier alpha value is -7.04. The van der Waals surface area contributed by atoms with Gasteiger partial charge in [-0.1, -0.05) is 133 Å². The molecule has 1 aliphatic heterocycles. The molecule has 242 valence electrons. The summed E-state index contributed by atoms with van der Waals surface area (Å²) in [5, 5.41) is 7.01. The van der Waals surface area contributed by atoms with E-state index in [4.69, 9.17) is 9.97 Å². The Labute approximate surface area is 299 Å².